The fourth-order valence-corrected chi connectivity index (χ4v) is 0.869. The molecule has 0 saturated heterocycles. The highest BCUT2D eigenvalue weighted by Crippen LogP contribution is 2.21. The molecular formula is C7H9ClN4O2. The summed E-state index contributed by atoms with van der Waals surface area (Å²) < 4.78 is 0. The molecule has 0 aliphatic carbocycles. The predicted molar refractivity (Wildman–Crippen MR) is 55.8 cm³/mol. The zero-order valence-corrected chi connectivity index (χ0v) is 7.88. The standard InChI is InChI=1S/C7H8N4O2.ClH/c8-5-2-1-4(7(9)10)3-6(5)11(12)13;/h1-3H,8H2,(H3,9,10);1H. The zero-order valence-electron chi connectivity index (χ0n) is 7.06. The Morgan fingerprint density at radius 3 is 2.50 bits per heavy atom. The van der Waals surface area contributed by atoms with Gasteiger partial charge in [-0.1, -0.05) is 0 Å². The minimum absolute atomic E-state index is 0. The second kappa shape index (κ2) is 4.43. The van der Waals surface area contributed by atoms with E-state index in [2.05, 4.69) is 0 Å². The summed E-state index contributed by atoms with van der Waals surface area (Å²) in [5, 5.41) is 17.5. The summed E-state index contributed by atoms with van der Waals surface area (Å²) in [6.45, 7) is 0. The van der Waals surface area contributed by atoms with Gasteiger partial charge in [0.15, 0.2) is 0 Å². The fraction of sp³-hybridized carbons (Fsp3) is 0. The van der Waals surface area contributed by atoms with Crippen molar-refractivity contribution in [2.75, 3.05) is 5.73 Å². The van der Waals surface area contributed by atoms with Gasteiger partial charge in [-0.3, -0.25) is 15.5 Å². The largest absolute Gasteiger partial charge is 0.393 e. The number of nitrogens with two attached hydrogens (primary N) is 2. The molecule has 14 heavy (non-hydrogen) atoms. The summed E-state index contributed by atoms with van der Waals surface area (Å²) in [5.74, 6) is -0.219. The van der Waals surface area contributed by atoms with E-state index in [0.29, 0.717) is 5.56 Å². The molecule has 0 spiro atoms. The maximum absolute atomic E-state index is 10.4. The number of anilines is 1. The van der Waals surface area contributed by atoms with Gasteiger partial charge in [-0.15, -0.1) is 12.4 Å². The summed E-state index contributed by atoms with van der Waals surface area (Å²) >= 11 is 0. The normalized spacial score (nSPS) is 8.86. The molecule has 0 unspecified atom stereocenters. The van der Waals surface area contributed by atoms with Crippen LogP contribution < -0.4 is 11.5 Å². The number of halogens is 1. The average Bonchev–Trinajstić information content (AvgIpc) is 2.04. The van der Waals surface area contributed by atoms with E-state index in [1.165, 1.54) is 18.2 Å². The van der Waals surface area contributed by atoms with Crippen LogP contribution in [-0.4, -0.2) is 10.8 Å². The van der Waals surface area contributed by atoms with Crippen LogP contribution in [0.2, 0.25) is 0 Å². The molecule has 0 saturated carbocycles. The smallest absolute Gasteiger partial charge is 0.292 e. The van der Waals surface area contributed by atoms with Crippen LogP contribution in [0.3, 0.4) is 0 Å². The summed E-state index contributed by atoms with van der Waals surface area (Å²) in [4.78, 5) is 9.80. The average molecular weight is 217 g/mol. The molecule has 0 amide bonds. The van der Waals surface area contributed by atoms with Crippen LogP contribution in [0.5, 0.6) is 0 Å². The Bertz CT molecular complexity index is 380. The highest BCUT2D eigenvalue weighted by molar-refractivity contribution is 5.96. The molecule has 6 nitrogen and oxygen atoms in total. The molecule has 0 heterocycles. The van der Waals surface area contributed by atoms with Crippen molar-refractivity contribution in [2.45, 2.75) is 0 Å². The molecule has 0 fully saturated rings. The van der Waals surface area contributed by atoms with E-state index in [1.807, 2.05) is 0 Å². The number of nitrogens with zero attached hydrogens (tertiary/aromatic N) is 1. The Morgan fingerprint density at radius 2 is 2.07 bits per heavy atom. The molecule has 0 aliphatic rings. The number of nitrogens with one attached hydrogen (secondary N) is 1. The Balaban J connectivity index is 0.00000169. The fourth-order valence-electron chi connectivity index (χ4n) is 0.869. The van der Waals surface area contributed by atoms with E-state index < -0.39 is 4.92 Å². The maximum atomic E-state index is 10.4. The monoisotopic (exact) mass is 216 g/mol. The summed E-state index contributed by atoms with van der Waals surface area (Å²) in [7, 11) is 0. The molecule has 0 bridgehead atoms. The number of hydrogen-bond acceptors (Lipinski definition) is 4. The third-order valence-electron chi connectivity index (χ3n) is 1.54. The molecule has 0 aliphatic heterocycles. The van der Waals surface area contributed by atoms with Gasteiger partial charge < -0.3 is 11.5 Å². The molecule has 1 aromatic carbocycles. The van der Waals surface area contributed by atoms with Crippen LogP contribution in [0, 0.1) is 15.5 Å². The van der Waals surface area contributed by atoms with E-state index in [4.69, 9.17) is 16.9 Å². The number of hydrogen-bond donors (Lipinski definition) is 3. The van der Waals surface area contributed by atoms with Crippen LogP contribution in [0.4, 0.5) is 11.4 Å². The van der Waals surface area contributed by atoms with Crippen molar-refractivity contribution < 1.29 is 4.92 Å². The number of nitro benzene ring substituents is 1. The van der Waals surface area contributed by atoms with Gasteiger partial charge >= 0.3 is 0 Å². The van der Waals surface area contributed by atoms with Crippen LogP contribution in [-0.2, 0) is 0 Å². The molecule has 0 aromatic heterocycles. The Morgan fingerprint density at radius 1 is 1.50 bits per heavy atom. The number of rotatable bonds is 2. The van der Waals surface area contributed by atoms with Crippen molar-refractivity contribution >= 4 is 29.6 Å². The van der Waals surface area contributed by atoms with Gasteiger partial charge in [0, 0.05) is 11.6 Å². The van der Waals surface area contributed by atoms with E-state index in [-0.39, 0.29) is 29.6 Å². The summed E-state index contributed by atoms with van der Waals surface area (Å²) in [6, 6.07) is 4.00. The third kappa shape index (κ3) is 2.33. The number of nitro groups is 1. The molecule has 1 aromatic rings. The first-order valence-electron chi connectivity index (χ1n) is 3.40. The van der Waals surface area contributed by atoms with Crippen molar-refractivity contribution in [3.8, 4) is 0 Å². The minimum Gasteiger partial charge on any atom is -0.393 e. The lowest BCUT2D eigenvalue weighted by molar-refractivity contribution is -0.383. The number of amidine groups is 1. The van der Waals surface area contributed by atoms with Crippen molar-refractivity contribution in [1.82, 2.24) is 0 Å². The number of nitrogen functional groups attached to an aromatic ring is 2. The van der Waals surface area contributed by atoms with Crippen LogP contribution >= 0.6 is 12.4 Å². The lowest BCUT2D eigenvalue weighted by Crippen LogP contribution is -2.11. The second-order valence-corrected chi connectivity index (χ2v) is 2.44. The Kier molecular flexibility index (Phi) is 3.85. The molecule has 0 radical (unpaired) electrons. The summed E-state index contributed by atoms with van der Waals surface area (Å²) in [6.07, 6.45) is 0. The van der Waals surface area contributed by atoms with Crippen molar-refractivity contribution in [3.63, 3.8) is 0 Å². The number of benzene rings is 1. The maximum Gasteiger partial charge on any atom is 0.292 e. The van der Waals surface area contributed by atoms with Crippen LogP contribution in [0.1, 0.15) is 5.56 Å². The molecule has 1 rings (SSSR count). The Hall–Kier alpha value is -1.82. The van der Waals surface area contributed by atoms with E-state index in [1.54, 1.807) is 0 Å². The summed E-state index contributed by atoms with van der Waals surface area (Å²) in [5.41, 5.74) is 10.6. The first-order chi connectivity index (χ1) is 6.02. The van der Waals surface area contributed by atoms with E-state index in [9.17, 15) is 10.1 Å². The van der Waals surface area contributed by atoms with Gasteiger partial charge in [0.05, 0.1) is 4.92 Å². The lowest BCUT2D eigenvalue weighted by Gasteiger charge is -2.00. The van der Waals surface area contributed by atoms with Gasteiger partial charge in [-0.2, -0.15) is 0 Å². The molecule has 76 valence electrons. The highest BCUT2D eigenvalue weighted by Gasteiger charge is 2.12. The first kappa shape index (κ1) is 12.2. The SMILES string of the molecule is Cl.N=C(N)c1ccc(N)c([N+](=O)[O-])c1. The first-order valence-corrected chi connectivity index (χ1v) is 3.40. The highest BCUT2D eigenvalue weighted by atomic mass is 35.5. The topological polar surface area (TPSA) is 119 Å². The van der Waals surface area contributed by atoms with Crippen molar-refractivity contribution in [1.29, 1.82) is 5.41 Å². The quantitative estimate of drug-likeness (QED) is 0.223. The molecular weight excluding hydrogens is 208 g/mol. The zero-order chi connectivity index (χ0) is 10.0. The molecule has 5 N–H and O–H groups in total. The predicted octanol–water partition coefficient (Wildman–Crippen LogP) is 0.883. The van der Waals surface area contributed by atoms with Gasteiger partial charge in [0.2, 0.25) is 0 Å². The second-order valence-electron chi connectivity index (χ2n) is 2.44. The Labute approximate surface area is 86.0 Å². The van der Waals surface area contributed by atoms with Gasteiger partial charge in [0.1, 0.15) is 11.5 Å². The van der Waals surface area contributed by atoms with Crippen molar-refractivity contribution in [2.24, 2.45) is 5.73 Å². The van der Waals surface area contributed by atoms with E-state index >= 15 is 0 Å². The minimum atomic E-state index is -0.609. The van der Waals surface area contributed by atoms with E-state index in [0.717, 1.165) is 0 Å². The van der Waals surface area contributed by atoms with Crippen molar-refractivity contribution in [3.05, 3.63) is 33.9 Å². The lowest BCUT2D eigenvalue weighted by atomic mass is 10.1. The molecule has 7 heteroatoms. The third-order valence-corrected chi connectivity index (χ3v) is 1.54. The molecule has 0 atom stereocenters. The van der Waals surface area contributed by atoms with Gasteiger partial charge in [-0.25, -0.2) is 0 Å². The van der Waals surface area contributed by atoms with Crippen LogP contribution in [0.15, 0.2) is 18.2 Å². The van der Waals surface area contributed by atoms with Gasteiger partial charge in [0.25, 0.3) is 5.69 Å². The van der Waals surface area contributed by atoms with Crippen LogP contribution in [0.25, 0.3) is 0 Å². The van der Waals surface area contributed by atoms with Gasteiger partial charge in [-0.05, 0) is 12.1 Å².